The monoisotopic (exact) mass is 394 g/mol. The highest BCUT2D eigenvalue weighted by molar-refractivity contribution is 5.88. The SMILES string of the molecule is CCn1cnc(NC(=O)N2C[C@H]3C[C@@H](N(C)c4ncnc5[nH]ccc45)C[C@H]3C2)c1. The second kappa shape index (κ2) is 7.06. The van der Waals surface area contributed by atoms with E-state index in [1.807, 2.05) is 34.9 Å². The number of H-pyrrole nitrogens is 1. The van der Waals surface area contributed by atoms with Crippen LogP contribution in [0.25, 0.3) is 11.0 Å². The minimum Gasteiger partial charge on any atom is -0.356 e. The van der Waals surface area contributed by atoms with Crippen LogP contribution in [0, 0.1) is 11.8 Å². The molecule has 0 aromatic carbocycles. The van der Waals surface area contributed by atoms with Gasteiger partial charge >= 0.3 is 6.03 Å². The molecule has 1 saturated carbocycles. The number of carbonyl (C=O) groups excluding carboxylic acids is 1. The van der Waals surface area contributed by atoms with E-state index < -0.39 is 0 Å². The summed E-state index contributed by atoms with van der Waals surface area (Å²) in [5.41, 5.74) is 0.869. The molecule has 0 radical (unpaired) electrons. The smallest absolute Gasteiger partial charge is 0.323 e. The normalized spacial score (nSPS) is 23.5. The van der Waals surface area contributed by atoms with Crippen molar-refractivity contribution >= 4 is 28.7 Å². The third-order valence-corrected chi connectivity index (χ3v) is 6.46. The number of rotatable bonds is 4. The highest BCUT2D eigenvalue weighted by Crippen LogP contribution is 2.41. The second-order valence-corrected chi connectivity index (χ2v) is 8.12. The Kier molecular flexibility index (Phi) is 4.37. The van der Waals surface area contributed by atoms with Crippen molar-refractivity contribution in [3.05, 3.63) is 31.1 Å². The molecule has 9 nitrogen and oxygen atoms in total. The van der Waals surface area contributed by atoms with Gasteiger partial charge in [0.1, 0.15) is 17.8 Å². The van der Waals surface area contributed by atoms with Crippen LogP contribution in [0.15, 0.2) is 31.1 Å². The van der Waals surface area contributed by atoms with Crippen molar-refractivity contribution in [1.82, 2.24) is 29.4 Å². The molecule has 2 amide bonds. The Morgan fingerprint density at radius 2 is 2.07 bits per heavy atom. The molecule has 0 bridgehead atoms. The van der Waals surface area contributed by atoms with Crippen LogP contribution < -0.4 is 10.2 Å². The maximum absolute atomic E-state index is 12.6. The summed E-state index contributed by atoms with van der Waals surface area (Å²) >= 11 is 0. The number of nitrogens with zero attached hydrogens (tertiary/aromatic N) is 6. The van der Waals surface area contributed by atoms with Gasteiger partial charge in [-0.05, 0) is 37.7 Å². The van der Waals surface area contributed by atoms with E-state index in [9.17, 15) is 4.79 Å². The quantitative estimate of drug-likeness (QED) is 0.709. The number of aromatic nitrogens is 5. The summed E-state index contributed by atoms with van der Waals surface area (Å²) in [5, 5.41) is 3.98. The molecule has 1 saturated heterocycles. The van der Waals surface area contributed by atoms with Crippen LogP contribution in [0.5, 0.6) is 0 Å². The molecule has 1 aliphatic heterocycles. The van der Waals surface area contributed by atoms with Crippen LogP contribution in [-0.2, 0) is 6.54 Å². The average molecular weight is 394 g/mol. The largest absolute Gasteiger partial charge is 0.356 e. The molecule has 5 rings (SSSR count). The Hall–Kier alpha value is -3.10. The zero-order chi connectivity index (χ0) is 20.0. The summed E-state index contributed by atoms with van der Waals surface area (Å²) < 4.78 is 1.95. The van der Waals surface area contributed by atoms with Gasteiger partial charge in [0.15, 0.2) is 5.82 Å². The van der Waals surface area contributed by atoms with Crippen molar-refractivity contribution in [3.8, 4) is 0 Å². The molecule has 0 unspecified atom stereocenters. The Morgan fingerprint density at radius 3 is 2.79 bits per heavy atom. The van der Waals surface area contributed by atoms with E-state index >= 15 is 0 Å². The zero-order valence-electron chi connectivity index (χ0n) is 16.7. The molecule has 3 aromatic heterocycles. The molecule has 29 heavy (non-hydrogen) atoms. The highest BCUT2D eigenvalue weighted by atomic mass is 16.2. The van der Waals surface area contributed by atoms with E-state index in [1.165, 1.54) is 0 Å². The Bertz CT molecular complexity index is 1010. The number of aromatic amines is 1. The number of aryl methyl sites for hydroxylation is 1. The summed E-state index contributed by atoms with van der Waals surface area (Å²) in [6.07, 6.45) is 9.27. The first-order valence-electron chi connectivity index (χ1n) is 10.2. The number of carbonyl (C=O) groups is 1. The molecule has 1 aliphatic carbocycles. The summed E-state index contributed by atoms with van der Waals surface area (Å²) in [5.74, 6) is 2.66. The van der Waals surface area contributed by atoms with Crippen LogP contribution >= 0.6 is 0 Å². The molecule has 0 spiro atoms. The van der Waals surface area contributed by atoms with Crippen molar-refractivity contribution in [2.24, 2.45) is 11.8 Å². The van der Waals surface area contributed by atoms with Gasteiger partial charge in [-0.25, -0.2) is 19.7 Å². The molecule has 4 heterocycles. The summed E-state index contributed by atoms with van der Waals surface area (Å²) in [4.78, 5) is 33.1. The van der Waals surface area contributed by atoms with E-state index in [0.717, 1.165) is 49.3 Å². The van der Waals surface area contributed by atoms with Crippen LogP contribution in [0.1, 0.15) is 19.8 Å². The highest BCUT2D eigenvalue weighted by Gasteiger charge is 2.44. The predicted molar refractivity (Wildman–Crippen MR) is 111 cm³/mol. The van der Waals surface area contributed by atoms with Crippen LogP contribution in [0.2, 0.25) is 0 Å². The number of hydrogen-bond donors (Lipinski definition) is 2. The van der Waals surface area contributed by atoms with Crippen molar-refractivity contribution in [2.75, 3.05) is 30.4 Å². The molecular weight excluding hydrogens is 368 g/mol. The third kappa shape index (κ3) is 3.20. The van der Waals surface area contributed by atoms with E-state index in [-0.39, 0.29) is 6.03 Å². The average Bonchev–Trinajstić information content (AvgIpc) is 3.48. The van der Waals surface area contributed by atoms with Crippen LogP contribution in [0.3, 0.4) is 0 Å². The number of hydrogen-bond acceptors (Lipinski definition) is 5. The predicted octanol–water partition coefficient (Wildman–Crippen LogP) is 2.55. The van der Waals surface area contributed by atoms with E-state index in [0.29, 0.717) is 23.7 Å². The van der Waals surface area contributed by atoms with Crippen LogP contribution in [-0.4, -0.2) is 61.6 Å². The Morgan fingerprint density at radius 1 is 1.28 bits per heavy atom. The number of likely N-dealkylation sites (tertiary alicyclic amines) is 1. The molecule has 3 aromatic rings. The van der Waals surface area contributed by atoms with E-state index in [1.54, 1.807) is 12.7 Å². The van der Waals surface area contributed by atoms with Crippen LogP contribution in [0.4, 0.5) is 16.4 Å². The van der Waals surface area contributed by atoms with Crippen molar-refractivity contribution < 1.29 is 4.79 Å². The molecule has 2 N–H and O–H groups in total. The number of nitrogens with one attached hydrogen (secondary N) is 2. The molecule has 9 heteroatoms. The first-order valence-corrected chi connectivity index (χ1v) is 10.2. The number of fused-ring (bicyclic) bond motifs is 2. The molecule has 3 atom stereocenters. The molecule has 2 fully saturated rings. The standard InChI is InChI=1S/C20H26N8O/c1-3-27-10-17(24-12-27)25-20(29)28-8-13-6-15(7-14(13)9-28)26(2)19-16-4-5-21-18(16)22-11-23-19/h4-5,10-15H,3,6-9H2,1-2H3,(H,25,29)(H,21,22,23)/t13-,14+,15-. The van der Waals surface area contributed by atoms with E-state index in [4.69, 9.17) is 0 Å². The first-order chi connectivity index (χ1) is 14.1. The van der Waals surface area contributed by atoms with Gasteiger partial charge in [0.05, 0.1) is 11.7 Å². The summed E-state index contributed by atoms with van der Waals surface area (Å²) in [7, 11) is 2.12. The van der Waals surface area contributed by atoms with Crippen molar-refractivity contribution in [1.29, 1.82) is 0 Å². The summed E-state index contributed by atoms with van der Waals surface area (Å²) in [6, 6.07) is 2.42. The lowest BCUT2D eigenvalue weighted by Gasteiger charge is -2.28. The Labute approximate surface area is 169 Å². The minimum atomic E-state index is -0.0458. The number of imidazole rings is 1. The van der Waals surface area contributed by atoms with Crippen molar-refractivity contribution in [2.45, 2.75) is 32.4 Å². The van der Waals surface area contributed by atoms with Gasteiger partial charge in [-0.3, -0.25) is 5.32 Å². The molecule has 152 valence electrons. The van der Waals surface area contributed by atoms with E-state index in [2.05, 4.69) is 37.2 Å². The van der Waals surface area contributed by atoms with Gasteiger partial charge in [-0.1, -0.05) is 0 Å². The molecule has 2 aliphatic rings. The van der Waals surface area contributed by atoms with Gasteiger partial charge in [-0.2, -0.15) is 0 Å². The first kappa shape index (κ1) is 18.0. The second-order valence-electron chi connectivity index (χ2n) is 8.12. The fraction of sp³-hybridized carbons (Fsp3) is 0.500. The topological polar surface area (TPSA) is 95.0 Å². The van der Waals surface area contributed by atoms with Gasteiger partial charge in [0, 0.05) is 45.1 Å². The van der Waals surface area contributed by atoms with Gasteiger partial charge in [-0.15, -0.1) is 0 Å². The Balaban J connectivity index is 1.21. The minimum absolute atomic E-state index is 0.0458. The maximum atomic E-state index is 12.6. The fourth-order valence-corrected chi connectivity index (χ4v) is 4.85. The maximum Gasteiger partial charge on any atom is 0.323 e. The number of anilines is 2. The summed E-state index contributed by atoms with van der Waals surface area (Å²) in [6.45, 7) is 4.50. The lowest BCUT2D eigenvalue weighted by molar-refractivity contribution is 0.218. The number of amides is 2. The van der Waals surface area contributed by atoms with Crippen molar-refractivity contribution in [3.63, 3.8) is 0 Å². The fourth-order valence-electron chi connectivity index (χ4n) is 4.85. The van der Waals surface area contributed by atoms with Gasteiger partial charge in [0.25, 0.3) is 0 Å². The zero-order valence-corrected chi connectivity index (χ0v) is 16.7. The lowest BCUT2D eigenvalue weighted by atomic mass is 10.0. The molecular formula is C20H26N8O. The van der Waals surface area contributed by atoms with Gasteiger partial charge in [0.2, 0.25) is 0 Å². The number of urea groups is 1. The lowest BCUT2D eigenvalue weighted by Crippen LogP contribution is -2.36. The van der Waals surface area contributed by atoms with Gasteiger partial charge < -0.3 is 19.4 Å². The third-order valence-electron chi connectivity index (χ3n) is 6.46.